The van der Waals surface area contributed by atoms with Crippen molar-refractivity contribution in [1.29, 1.82) is 0 Å². The zero-order valence-corrected chi connectivity index (χ0v) is 15.1. The van der Waals surface area contributed by atoms with E-state index in [4.69, 9.17) is 0 Å². The van der Waals surface area contributed by atoms with Crippen LogP contribution in [0.15, 0.2) is 41.4 Å². The summed E-state index contributed by atoms with van der Waals surface area (Å²) >= 11 is 3.11. The van der Waals surface area contributed by atoms with Gasteiger partial charge in [0.25, 0.3) is 0 Å². The summed E-state index contributed by atoms with van der Waals surface area (Å²) in [5.41, 5.74) is 0.915. The second kappa shape index (κ2) is 7.28. The number of thiazole rings is 1. The number of nitrogens with one attached hydrogen (secondary N) is 1. The van der Waals surface area contributed by atoms with E-state index in [0.717, 1.165) is 30.0 Å². The molecule has 0 saturated carbocycles. The quantitative estimate of drug-likeness (QED) is 0.760. The molecule has 3 aromatic heterocycles. The van der Waals surface area contributed by atoms with Crippen molar-refractivity contribution in [2.24, 2.45) is 5.92 Å². The maximum absolute atomic E-state index is 12.6. The first-order valence-corrected chi connectivity index (χ1v) is 9.88. The molecule has 1 atom stereocenters. The third-order valence-electron chi connectivity index (χ3n) is 4.14. The molecule has 0 aliphatic carbocycles. The third kappa shape index (κ3) is 3.69. The third-order valence-corrected chi connectivity index (χ3v) is 5.79. The molecule has 0 unspecified atom stereocenters. The number of hydrogen-bond donors (Lipinski definition) is 1. The highest BCUT2D eigenvalue weighted by Crippen LogP contribution is 2.29. The molecule has 0 aromatic carbocycles. The molecule has 25 heavy (non-hydrogen) atoms. The highest BCUT2D eigenvalue weighted by Gasteiger charge is 2.27. The Hall–Kier alpha value is -2.32. The van der Waals surface area contributed by atoms with Gasteiger partial charge >= 0.3 is 0 Å². The van der Waals surface area contributed by atoms with E-state index in [9.17, 15) is 4.79 Å². The monoisotopic (exact) mass is 371 g/mol. The van der Waals surface area contributed by atoms with E-state index >= 15 is 0 Å². The van der Waals surface area contributed by atoms with Crippen molar-refractivity contribution in [2.75, 3.05) is 23.3 Å². The zero-order chi connectivity index (χ0) is 17.1. The lowest BCUT2D eigenvalue weighted by Crippen LogP contribution is -2.41. The molecule has 0 spiro atoms. The summed E-state index contributed by atoms with van der Waals surface area (Å²) < 4.78 is 0. The molecule has 4 heterocycles. The van der Waals surface area contributed by atoms with E-state index in [1.54, 1.807) is 29.8 Å². The van der Waals surface area contributed by atoms with Crippen LogP contribution < -0.4 is 10.2 Å². The van der Waals surface area contributed by atoms with Gasteiger partial charge in [-0.15, -0.1) is 22.7 Å². The topological polar surface area (TPSA) is 71.0 Å². The van der Waals surface area contributed by atoms with Gasteiger partial charge in [0.1, 0.15) is 0 Å². The van der Waals surface area contributed by atoms with Crippen molar-refractivity contribution in [3.05, 3.63) is 41.4 Å². The molecular weight excluding hydrogens is 354 g/mol. The summed E-state index contributed by atoms with van der Waals surface area (Å²) in [4.78, 5) is 28.9. The minimum Gasteiger partial charge on any atom is -0.340 e. The summed E-state index contributed by atoms with van der Waals surface area (Å²) in [6, 6.07) is 5.83. The van der Waals surface area contributed by atoms with Gasteiger partial charge < -0.3 is 10.2 Å². The number of anilines is 2. The first-order valence-electron chi connectivity index (χ1n) is 8.12. The van der Waals surface area contributed by atoms with Gasteiger partial charge in [-0.3, -0.25) is 4.79 Å². The summed E-state index contributed by atoms with van der Waals surface area (Å²) in [6.45, 7) is 1.52. The Labute approximate surface area is 153 Å². The fourth-order valence-corrected chi connectivity index (χ4v) is 4.38. The highest BCUT2D eigenvalue weighted by atomic mass is 32.1. The molecule has 6 nitrogen and oxygen atoms in total. The van der Waals surface area contributed by atoms with Crippen LogP contribution in [0.1, 0.15) is 12.8 Å². The molecule has 1 aliphatic rings. The van der Waals surface area contributed by atoms with Gasteiger partial charge in [0.05, 0.1) is 16.5 Å². The van der Waals surface area contributed by atoms with Crippen molar-refractivity contribution in [1.82, 2.24) is 15.0 Å². The van der Waals surface area contributed by atoms with Crippen LogP contribution in [0.2, 0.25) is 0 Å². The first-order chi connectivity index (χ1) is 12.3. The van der Waals surface area contributed by atoms with Crippen LogP contribution in [0.25, 0.3) is 10.6 Å². The van der Waals surface area contributed by atoms with Gasteiger partial charge in [0.2, 0.25) is 11.9 Å². The highest BCUT2D eigenvalue weighted by molar-refractivity contribution is 7.16. The Morgan fingerprint density at radius 3 is 2.92 bits per heavy atom. The van der Waals surface area contributed by atoms with E-state index in [1.807, 2.05) is 22.9 Å². The lowest BCUT2D eigenvalue weighted by atomic mass is 9.97. The molecule has 0 bridgehead atoms. The van der Waals surface area contributed by atoms with Gasteiger partial charge in [-0.2, -0.15) is 0 Å². The van der Waals surface area contributed by atoms with Gasteiger partial charge in [0, 0.05) is 30.9 Å². The average Bonchev–Trinajstić information content (AvgIpc) is 3.34. The molecule has 1 aliphatic heterocycles. The van der Waals surface area contributed by atoms with Crippen LogP contribution in [-0.4, -0.2) is 33.9 Å². The summed E-state index contributed by atoms with van der Waals surface area (Å²) in [5, 5.41) is 7.63. The standard InChI is InChI=1S/C17H17N5OS2/c23-15(21-17-20-13(11-25-17)14-5-2-9-24-14)12-4-1-8-22(10-12)16-18-6-3-7-19-16/h2-3,5-7,9,11-12H,1,4,8,10H2,(H,20,21,23)/t12-/m0/s1. The molecule has 8 heteroatoms. The number of thiophene rings is 1. The SMILES string of the molecule is O=C(Nc1nc(-c2cccs2)cs1)[C@H]1CCCN(c2ncccn2)C1. The van der Waals surface area contributed by atoms with E-state index in [1.165, 1.54) is 11.3 Å². The van der Waals surface area contributed by atoms with Gasteiger partial charge in [-0.05, 0) is 30.4 Å². The van der Waals surface area contributed by atoms with Crippen molar-refractivity contribution in [3.63, 3.8) is 0 Å². The first kappa shape index (κ1) is 16.2. The van der Waals surface area contributed by atoms with Crippen LogP contribution in [0.4, 0.5) is 11.1 Å². The fourth-order valence-electron chi connectivity index (χ4n) is 2.90. The van der Waals surface area contributed by atoms with E-state index in [-0.39, 0.29) is 11.8 Å². The molecule has 1 amide bonds. The van der Waals surface area contributed by atoms with Gasteiger partial charge in [-0.1, -0.05) is 6.07 Å². The summed E-state index contributed by atoms with van der Waals surface area (Å²) in [7, 11) is 0. The number of aromatic nitrogens is 3. The number of carbonyl (C=O) groups excluding carboxylic acids is 1. The molecule has 0 radical (unpaired) electrons. The van der Waals surface area contributed by atoms with Crippen LogP contribution >= 0.6 is 22.7 Å². The van der Waals surface area contributed by atoms with E-state index in [0.29, 0.717) is 17.6 Å². The maximum Gasteiger partial charge on any atom is 0.231 e. The number of piperidine rings is 1. The lowest BCUT2D eigenvalue weighted by Gasteiger charge is -2.31. The summed E-state index contributed by atoms with van der Waals surface area (Å²) in [5.74, 6) is 0.633. The Morgan fingerprint density at radius 1 is 1.24 bits per heavy atom. The number of amides is 1. The minimum absolute atomic E-state index is 0.0210. The average molecular weight is 371 g/mol. The van der Waals surface area contributed by atoms with Crippen molar-refractivity contribution >= 4 is 39.7 Å². The van der Waals surface area contributed by atoms with Crippen molar-refractivity contribution < 1.29 is 4.79 Å². The predicted octanol–water partition coefficient (Wildman–Crippen LogP) is 3.52. The predicted molar refractivity (Wildman–Crippen MR) is 101 cm³/mol. The number of carbonyl (C=O) groups is 1. The van der Waals surface area contributed by atoms with Gasteiger partial charge in [0.15, 0.2) is 5.13 Å². The lowest BCUT2D eigenvalue weighted by molar-refractivity contribution is -0.120. The second-order valence-corrected chi connectivity index (χ2v) is 7.64. The number of nitrogens with zero attached hydrogens (tertiary/aromatic N) is 4. The van der Waals surface area contributed by atoms with Gasteiger partial charge in [-0.25, -0.2) is 15.0 Å². The molecule has 1 fully saturated rings. The maximum atomic E-state index is 12.6. The molecular formula is C17H17N5OS2. The Morgan fingerprint density at radius 2 is 2.12 bits per heavy atom. The number of hydrogen-bond acceptors (Lipinski definition) is 7. The molecule has 1 saturated heterocycles. The normalized spacial score (nSPS) is 17.4. The molecule has 1 N–H and O–H groups in total. The zero-order valence-electron chi connectivity index (χ0n) is 13.5. The van der Waals surface area contributed by atoms with Crippen LogP contribution in [-0.2, 0) is 4.79 Å². The van der Waals surface area contributed by atoms with E-state index in [2.05, 4.69) is 25.2 Å². The van der Waals surface area contributed by atoms with Crippen molar-refractivity contribution in [2.45, 2.75) is 12.8 Å². The second-order valence-electron chi connectivity index (χ2n) is 5.84. The Bertz CT molecular complexity index is 834. The van der Waals surface area contributed by atoms with E-state index < -0.39 is 0 Å². The molecule has 128 valence electrons. The Kier molecular flexibility index (Phi) is 4.71. The van der Waals surface area contributed by atoms with Crippen LogP contribution in [0, 0.1) is 5.92 Å². The summed E-state index contributed by atoms with van der Waals surface area (Å²) in [6.07, 6.45) is 5.29. The minimum atomic E-state index is -0.0772. The Balaban J connectivity index is 1.41. The smallest absolute Gasteiger partial charge is 0.231 e. The fraction of sp³-hybridized carbons (Fsp3) is 0.294. The molecule has 4 rings (SSSR count). The molecule has 3 aromatic rings. The van der Waals surface area contributed by atoms with Crippen molar-refractivity contribution in [3.8, 4) is 10.6 Å². The number of rotatable bonds is 4. The largest absolute Gasteiger partial charge is 0.340 e. The van der Waals surface area contributed by atoms with Crippen LogP contribution in [0.3, 0.4) is 0 Å². The van der Waals surface area contributed by atoms with Crippen LogP contribution in [0.5, 0.6) is 0 Å².